The summed E-state index contributed by atoms with van der Waals surface area (Å²) in [5, 5.41) is 2.49. The van der Waals surface area contributed by atoms with Crippen LogP contribution in [0, 0.1) is 6.92 Å². The van der Waals surface area contributed by atoms with Crippen LogP contribution < -0.4 is 5.32 Å². The summed E-state index contributed by atoms with van der Waals surface area (Å²) in [5.74, 6) is 1.30. The number of furan rings is 1. The molecule has 0 saturated carbocycles. The normalized spacial score (nSPS) is 16.7. The van der Waals surface area contributed by atoms with Crippen molar-refractivity contribution < 1.29 is 14.0 Å². The first-order chi connectivity index (χ1) is 7.15. The van der Waals surface area contributed by atoms with Crippen LogP contribution in [0.25, 0.3) is 0 Å². The van der Waals surface area contributed by atoms with E-state index in [1.54, 1.807) is 0 Å². The Morgan fingerprint density at radius 1 is 1.47 bits per heavy atom. The Bertz CT molecular complexity index is 397. The largest absolute Gasteiger partial charge is 0.464 e. The molecule has 0 atom stereocenters. The first-order valence-corrected chi connectivity index (χ1v) is 4.75. The minimum absolute atomic E-state index is 0.0800. The van der Waals surface area contributed by atoms with Gasteiger partial charge in [-0.25, -0.2) is 0 Å². The minimum Gasteiger partial charge on any atom is -0.464 e. The molecule has 0 bridgehead atoms. The number of hydrogen-bond donors (Lipinski definition) is 1. The van der Waals surface area contributed by atoms with E-state index in [0.29, 0.717) is 12.3 Å². The number of amides is 2. The maximum atomic E-state index is 11.4. The summed E-state index contributed by atoms with van der Waals surface area (Å²) < 4.78 is 5.34. The van der Waals surface area contributed by atoms with Crippen molar-refractivity contribution in [3.63, 3.8) is 0 Å². The van der Waals surface area contributed by atoms with Crippen LogP contribution in [0.3, 0.4) is 0 Å². The highest BCUT2D eigenvalue weighted by atomic mass is 16.3. The molecule has 5 nitrogen and oxygen atoms in total. The van der Waals surface area contributed by atoms with Gasteiger partial charge >= 0.3 is 0 Å². The summed E-state index contributed by atoms with van der Waals surface area (Å²) in [7, 11) is 0. The van der Waals surface area contributed by atoms with Crippen LogP contribution in [0.1, 0.15) is 11.5 Å². The van der Waals surface area contributed by atoms with Gasteiger partial charge < -0.3 is 14.6 Å². The number of carbonyl (C=O) groups excluding carboxylic acids is 2. The molecule has 1 aliphatic rings. The van der Waals surface area contributed by atoms with Crippen LogP contribution in [0.15, 0.2) is 16.5 Å². The second-order valence-electron chi connectivity index (χ2n) is 3.54. The molecule has 1 saturated heterocycles. The van der Waals surface area contributed by atoms with Crippen LogP contribution in [0.2, 0.25) is 0 Å². The standard InChI is InChI=1S/C10H12N2O3/c1-7-2-3-8(15-7)5-12-6-9(13)11-4-10(12)14/h2-3H,4-6H2,1H3,(H,11,13). The van der Waals surface area contributed by atoms with Crippen molar-refractivity contribution in [3.05, 3.63) is 23.7 Å². The van der Waals surface area contributed by atoms with Gasteiger partial charge in [-0.15, -0.1) is 0 Å². The zero-order valence-corrected chi connectivity index (χ0v) is 8.45. The predicted octanol–water partition coefficient (Wildman–Crippen LogP) is 0.0464. The van der Waals surface area contributed by atoms with E-state index >= 15 is 0 Å². The Morgan fingerprint density at radius 2 is 2.27 bits per heavy atom. The highest BCUT2D eigenvalue weighted by Gasteiger charge is 2.23. The van der Waals surface area contributed by atoms with Crippen LogP contribution in [0.5, 0.6) is 0 Å². The Kier molecular flexibility index (Phi) is 2.45. The summed E-state index contributed by atoms with van der Waals surface area (Å²) >= 11 is 0. The molecule has 0 aromatic carbocycles. The molecular weight excluding hydrogens is 196 g/mol. The van der Waals surface area contributed by atoms with Crippen molar-refractivity contribution >= 4 is 11.8 Å². The van der Waals surface area contributed by atoms with Crippen molar-refractivity contribution in [2.24, 2.45) is 0 Å². The monoisotopic (exact) mass is 208 g/mol. The fourth-order valence-electron chi connectivity index (χ4n) is 1.51. The summed E-state index contributed by atoms with van der Waals surface area (Å²) in [5.41, 5.74) is 0. The first-order valence-electron chi connectivity index (χ1n) is 4.75. The smallest absolute Gasteiger partial charge is 0.242 e. The molecule has 2 rings (SSSR count). The second-order valence-corrected chi connectivity index (χ2v) is 3.54. The maximum Gasteiger partial charge on any atom is 0.242 e. The highest BCUT2D eigenvalue weighted by molar-refractivity contribution is 5.92. The Hall–Kier alpha value is -1.78. The topological polar surface area (TPSA) is 62.6 Å². The van der Waals surface area contributed by atoms with E-state index in [2.05, 4.69) is 5.32 Å². The van der Waals surface area contributed by atoms with Gasteiger partial charge in [0.15, 0.2) is 0 Å². The van der Waals surface area contributed by atoms with Crippen molar-refractivity contribution in [1.29, 1.82) is 0 Å². The molecule has 1 aromatic rings. The molecule has 1 aliphatic heterocycles. The summed E-state index contributed by atoms with van der Waals surface area (Å²) in [6.07, 6.45) is 0. The van der Waals surface area contributed by atoms with E-state index in [4.69, 9.17) is 4.42 Å². The average molecular weight is 208 g/mol. The molecule has 5 heteroatoms. The lowest BCUT2D eigenvalue weighted by atomic mass is 10.3. The summed E-state index contributed by atoms with van der Waals surface area (Å²) in [4.78, 5) is 24.0. The SMILES string of the molecule is Cc1ccc(CN2CC(=O)NCC2=O)o1. The summed E-state index contributed by atoms with van der Waals surface area (Å²) in [6, 6.07) is 3.65. The van der Waals surface area contributed by atoms with E-state index in [1.165, 1.54) is 4.90 Å². The van der Waals surface area contributed by atoms with Crippen molar-refractivity contribution in [2.75, 3.05) is 13.1 Å². The fourth-order valence-corrected chi connectivity index (χ4v) is 1.51. The van der Waals surface area contributed by atoms with Gasteiger partial charge in [0.05, 0.1) is 13.1 Å². The van der Waals surface area contributed by atoms with Crippen molar-refractivity contribution in [3.8, 4) is 0 Å². The van der Waals surface area contributed by atoms with Gasteiger partial charge in [0, 0.05) is 0 Å². The Morgan fingerprint density at radius 3 is 2.93 bits per heavy atom. The van der Waals surface area contributed by atoms with E-state index in [0.717, 1.165) is 5.76 Å². The molecule has 1 fully saturated rings. The number of rotatable bonds is 2. The third kappa shape index (κ3) is 2.18. The van der Waals surface area contributed by atoms with E-state index < -0.39 is 0 Å². The predicted molar refractivity (Wildman–Crippen MR) is 51.9 cm³/mol. The van der Waals surface area contributed by atoms with Crippen molar-refractivity contribution in [2.45, 2.75) is 13.5 Å². The van der Waals surface area contributed by atoms with Crippen LogP contribution in [-0.2, 0) is 16.1 Å². The van der Waals surface area contributed by atoms with Crippen LogP contribution in [0.4, 0.5) is 0 Å². The molecule has 80 valence electrons. The number of piperazine rings is 1. The third-order valence-electron chi connectivity index (χ3n) is 2.27. The molecule has 1 aromatic heterocycles. The second kappa shape index (κ2) is 3.76. The molecule has 2 heterocycles. The molecule has 0 aliphatic carbocycles. The number of carbonyl (C=O) groups is 2. The fraction of sp³-hybridized carbons (Fsp3) is 0.400. The van der Waals surface area contributed by atoms with Gasteiger partial charge in [0.2, 0.25) is 11.8 Å². The molecule has 0 radical (unpaired) electrons. The minimum atomic E-state index is -0.127. The molecule has 0 unspecified atom stereocenters. The molecule has 2 amide bonds. The van der Waals surface area contributed by atoms with E-state index in [9.17, 15) is 9.59 Å². The quantitative estimate of drug-likeness (QED) is 0.746. The van der Waals surface area contributed by atoms with Crippen LogP contribution in [-0.4, -0.2) is 29.8 Å². The van der Waals surface area contributed by atoms with Gasteiger partial charge in [-0.2, -0.15) is 0 Å². The van der Waals surface area contributed by atoms with Gasteiger partial charge in [-0.1, -0.05) is 0 Å². The lowest BCUT2D eigenvalue weighted by Crippen LogP contribution is -2.50. The zero-order chi connectivity index (χ0) is 10.8. The molecular formula is C10H12N2O3. The average Bonchev–Trinajstić information content (AvgIpc) is 2.58. The van der Waals surface area contributed by atoms with E-state index in [1.807, 2.05) is 19.1 Å². The number of aryl methyl sites for hydroxylation is 1. The van der Waals surface area contributed by atoms with E-state index in [-0.39, 0.29) is 24.9 Å². The van der Waals surface area contributed by atoms with Gasteiger partial charge in [-0.05, 0) is 19.1 Å². The van der Waals surface area contributed by atoms with Gasteiger partial charge in [0.25, 0.3) is 0 Å². The van der Waals surface area contributed by atoms with Gasteiger partial charge in [0.1, 0.15) is 18.1 Å². The number of nitrogens with zero attached hydrogens (tertiary/aromatic N) is 1. The molecule has 15 heavy (non-hydrogen) atoms. The van der Waals surface area contributed by atoms with Crippen LogP contribution >= 0.6 is 0 Å². The number of hydrogen-bond acceptors (Lipinski definition) is 3. The number of nitrogens with one attached hydrogen (secondary N) is 1. The highest BCUT2D eigenvalue weighted by Crippen LogP contribution is 2.10. The third-order valence-corrected chi connectivity index (χ3v) is 2.27. The first kappa shape index (κ1) is 9.76. The zero-order valence-electron chi connectivity index (χ0n) is 8.45. The lowest BCUT2D eigenvalue weighted by molar-refractivity contribution is -0.141. The molecule has 0 spiro atoms. The Balaban J connectivity index is 2.04. The van der Waals surface area contributed by atoms with Gasteiger partial charge in [-0.3, -0.25) is 9.59 Å². The Labute approximate surface area is 87.0 Å². The summed E-state index contributed by atoms with van der Waals surface area (Å²) in [6.45, 7) is 2.39. The molecule has 1 N–H and O–H groups in total. The van der Waals surface area contributed by atoms with Crippen molar-refractivity contribution in [1.82, 2.24) is 10.2 Å². The lowest BCUT2D eigenvalue weighted by Gasteiger charge is -2.25. The maximum absolute atomic E-state index is 11.4.